The van der Waals surface area contributed by atoms with E-state index < -0.39 is 0 Å². The first-order valence-corrected chi connectivity index (χ1v) is 10.8. The summed E-state index contributed by atoms with van der Waals surface area (Å²) in [4.78, 5) is 0. The minimum Gasteiger partial charge on any atom is -0.0776 e. The standard InChI is InChI=1S/C7H16.3C4H10.2C2H6.2CH4/c1-5-6-7(2,3)4;3*1-3-4-2;2*1-2;;/h5-6H2,1-4H3;3*3-4H2,1-2H3;2*1-2H3;2*1H4. The third kappa shape index (κ3) is 237. The molecule has 0 amide bonds. The van der Waals surface area contributed by atoms with E-state index in [2.05, 4.69) is 69.2 Å². The molecule has 0 spiro atoms. The molecular formula is C25H66. The third-order valence-corrected chi connectivity index (χ3v) is 2.50. The zero-order valence-corrected chi connectivity index (χ0v) is 20.2. The average Bonchev–Trinajstić information content (AvgIpc) is 2.58. The van der Waals surface area contributed by atoms with Gasteiger partial charge in [0.05, 0.1) is 0 Å². The molecule has 0 saturated carbocycles. The molecule has 0 aliphatic carbocycles. The number of rotatable bonds is 4. The Labute approximate surface area is 169 Å². The molecule has 0 fully saturated rings. The average molecular weight is 367 g/mol. The summed E-state index contributed by atoms with van der Waals surface area (Å²) in [7, 11) is 0. The van der Waals surface area contributed by atoms with Crippen molar-refractivity contribution in [2.24, 2.45) is 5.41 Å². The maximum atomic E-state index is 2.27. The summed E-state index contributed by atoms with van der Waals surface area (Å²) in [6, 6.07) is 0. The highest BCUT2D eigenvalue weighted by Crippen LogP contribution is 2.19. The monoisotopic (exact) mass is 367 g/mol. The van der Waals surface area contributed by atoms with Gasteiger partial charge in [-0.2, -0.15) is 0 Å². The highest BCUT2D eigenvalue weighted by molar-refractivity contribution is 4.58. The van der Waals surface area contributed by atoms with E-state index in [0.29, 0.717) is 5.41 Å². The smallest absolute Gasteiger partial charge is 0.0383 e. The minimum absolute atomic E-state index is 0. The molecule has 0 aromatic carbocycles. The van der Waals surface area contributed by atoms with E-state index in [-0.39, 0.29) is 14.9 Å². The summed E-state index contributed by atoms with van der Waals surface area (Å²) in [5, 5.41) is 0. The van der Waals surface area contributed by atoms with E-state index in [1.54, 1.807) is 0 Å². The molecule has 0 bridgehead atoms. The second kappa shape index (κ2) is 64.8. The normalized spacial score (nSPS) is 7.44. The first kappa shape index (κ1) is 49.8. The Balaban J connectivity index is -0.0000000241. The lowest BCUT2D eigenvalue weighted by Crippen LogP contribution is -2.02. The van der Waals surface area contributed by atoms with Crippen molar-refractivity contribution >= 4 is 0 Å². The van der Waals surface area contributed by atoms with Gasteiger partial charge in [0, 0.05) is 0 Å². The van der Waals surface area contributed by atoms with E-state index in [1.807, 2.05) is 27.7 Å². The zero-order valence-electron chi connectivity index (χ0n) is 20.2. The number of hydrogen-bond acceptors (Lipinski definition) is 0. The lowest BCUT2D eigenvalue weighted by Gasteiger charge is -2.15. The van der Waals surface area contributed by atoms with E-state index in [1.165, 1.54) is 51.4 Å². The van der Waals surface area contributed by atoms with Crippen LogP contribution in [0.25, 0.3) is 0 Å². The fourth-order valence-electron chi connectivity index (χ4n) is 0.750. The molecule has 0 saturated heterocycles. The van der Waals surface area contributed by atoms with Crippen LogP contribution < -0.4 is 0 Å². The molecule has 0 N–H and O–H groups in total. The molecule has 0 radical (unpaired) electrons. The van der Waals surface area contributed by atoms with E-state index in [0.717, 1.165) is 0 Å². The summed E-state index contributed by atoms with van der Waals surface area (Å²) in [6.45, 7) is 30.1. The first-order valence-electron chi connectivity index (χ1n) is 10.8. The molecule has 0 aromatic rings. The minimum atomic E-state index is 0. The van der Waals surface area contributed by atoms with Crippen molar-refractivity contribution in [2.75, 3.05) is 0 Å². The Morgan fingerprint density at radius 1 is 0.400 bits per heavy atom. The first-order chi connectivity index (χ1) is 10.8. The molecule has 0 aliphatic heterocycles. The van der Waals surface area contributed by atoms with Gasteiger partial charge >= 0.3 is 0 Å². The van der Waals surface area contributed by atoms with E-state index in [9.17, 15) is 0 Å². The SMILES string of the molecule is C.C.CC.CC.CCCC.CCCC.CCCC.CCCC(C)(C)C. The van der Waals surface area contributed by atoms with Crippen molar-refractivity contribution in [2.45, 2.75) is 163 Å². The Bertz CT molecular complexity index is 81.6. The molecule has 0 heteroatoms. The highest BCUT2D eigenvalue weighted by Gasteiger charge is 2.06. The van der Waals surface area contributed by atoms with Crippen LogP contribution in [-0.2, 0) is 0 Å². The summed E-state index contributed by atoms with van der Waals surface area (Å²) in [5.41, 5.74) is 0.550. The van der Waals surface area contributed by atoms with Crippen molar-refractivity contribution < 1.29 is 0 Å². The van der Waals surface area contributed by atoms with Crippen molar-refractivity contribution in [1.29, 1.82) is 0 Å². The molecule has 0 aromatic heterocycles. The third-order valence-electron chi connectivity index (χ3n) is 2.50. The molecule has 166 valence electrons. The molecule has 0 nitrogen and oxygen atoms in total. The Kier molecular flexibility index (Phi) is 129. The van der Waals surface area contributed by atoms with Crippen LogP contribution in [0, 0.1) is 5.41 Å². The van der Waals surface area contributed by atoms with Crippen molar-refractivity contribution in [1.82, 2.24) is 0 Å². The van der Waals surface area contributed by atoms with Crippen LogP contribution in [0.1, 0.15) is 163 Å². The van der Waals surface area contributed by atoms with Crippen LogP contribution in [0.5, 0.6) is 0 Å². The molecule has 0 unspecified atom stereocenters. The number of unbranched alkanes of at least 4 members (excludes halogenated alkanes) is 3. The maximum Gasteiger partial charge on any atom is -0.0383 e. The van der Waals surface area contributed by atoms with Crippen LogP contribution in [0.15, 0.2) is 0 Å². The topological polar surface area (TPSA) is 0 Å². The van der Waals surface area contributed by atoms with Gasteiger partial charge in [-0.3, -0.25) is 0 Å². The molecule has 0 atom stereocenters. The molecule has 0 heterocycles. The second-order valence-corrected chi connectivity index (χ2v) is 6.31. The van der Waals surface area contributed by atoms with Gasteiger partial charge in [0.25, 0.3) is 0 Å². The van der Waals surface area contributed by atoms with Gasteiger partial charge in [-0.05, 0) is 11.8 Å². The Hall–Kier alpha value is 0. The predicted molar refractivity (Wildman–Crippen MR) is 132 cm³/mol. The van der Waals surface area contributed by atoms with Gasteiger partial charge in [0.15, 0.2) is 0 Å². The second-order valence-electron chi connectivity index (χ2n) is 6.31. The fraction of sp³-hybridized carbons (Fsp3) is 1.00. The van der Waals surface area contributed by atoms with Gasteiger partial charge in [0.1, 0.15) is 0 Å². The predicted octanol–water partition coefficient (Wildman–Crippen LogP) is 11.6. The molecule has 0 aliphatic rings. The van der Waals surface area contributed by atoms with Crippen molar-refractivity contribution in [3.63, 3.8) is 0 Å². The van der Waals surface area contributed by atoms with Crippen molar-refractivity contribution in [3.8, 4) is 0 Å². The van der Waals surface area contributed by atoms with E-state index >= 15 is 0 Å². The van der Waals surface area contributed by atoms with Crippen LogP contribution in [0.4, 0.5) is 0 Å². The van der Waals surface area contributed by atoms with Gasteiger partial charge in [0.2, 0.25) is 0 Å². The quantitative estimate of drug-likeness (QED) is 0.464. The maximum absolute atomic E-state index is 2.27. The fourth-order valence-corrected chi connectivity index (χ4v) is 0.750. The van der Waals surface area contributed by atoms with Gasteiger partial charge in [-0.25, -0.2) is 0 Å². The van der Waals surface area contributed by atoms with Crippen LogP contribution in [-0.4, -0.2) is 0 Å². The van der Waals surface area contributed by atoms with Gasteiger partial charge in [-0.15, -0.1) is 0 Å². The van der Waals surface area contributed by atoms with Crippen molar-refractivity contribution in [3.05, 3.63) is 0 Å². The van der Waals surface area contributed by atoms with Crippen LogP contribution >= 0.6 is 0 Å². The van der Waals surface area contributed by atoms with E-state index in [4.69, 9.17) is 0 Å². The number of hydrogen-bond donors (Lipinski definition) is 0. The summed E-state index contributed by atoms with van der Waals surface area (Å²) in [6.07, 6.45) is 10.6. The van der Waals surface area contributed by atoms with Crippen LogP contribution in [0.3, 0.4) is 0 Å². The van der Waals surface area contributed by atoms with Gasteiger partial charge < -0.3 is 0 Å². The highest BCUT2D eigenvalue weighted by atomic mass is 14.1. The molecule has 25 heavy (non-hydrogen) atoms. The zero-order chi connectivity index (χ0) is 20.2. The Morgan fingerprint density at radius 3 is 0.560 bits per heavy atom. The summed E-state index contributed by atoms with van der Waals surface area (Å²) in [5.74, 6) is 0. The Morgan fingerprint density at radius 2 is 0.560 bits per heavy atom. The lowest BCUT2D eigenvalue weighted by molar-refractivity contribution is 0.373. The summed E-state index contributed by atoms with van der Waals surface area (Å²) >= 11 is 0. The lowest BCUT2D eigenvalue weighted by atomic mass is 9.91. The van der Waals surface area contributed by atoms with Gasteiger partial charge in [-0.1, -0.05) is 157 Å². The largest absolute Gasteiger partial charge is 0.0776 e. The molecule has 0 rings (SSSR count). The van der Waals surface area contributed by atoms with Crippen LogP contribution in [0.2, 0.25) is 0 Å². The summed E-state index contributed by atoms with van der Waals surface area (Å²) < 4.78 is 0. The molecular weight excluding hydrogens is 300 g/mol.